The van der Waals surface area contributed by atoms with Gasteiger partial charge in [-0.25, -0.2) is 4.98 Å². The summed E-state index contributed by atoms with van der Waals surface area (Å²) in [5.41, 5.74) is 1.85. The predicted molar refractivity (Wildman–Crippen MR) is 159 cm³/mol. The molecule has 224 valence electrons. The fraction of sp³-hybridized carbons (Fsp3) is 0.793. The standard InChI is InChI=1S/C29H53N4O5P/c1-3-5-6-7-8-9-10-11-12-13-14-15-16-17-20-36-25-38-39(35,37-4-2)21-18-19-30-22-26-23-31-28-27(26)32-24-33-29(28)34/h23-24,30-31H,3-22,25H2,1-2H3,(H,32,33,34). The lowest BCUT2D eigenvalue weighted by molar-refractivity contribution is 0.00379. The summed E-state index contributed by atoms with van der Waals surface area (Å²) in [6, 6.07) is 0. The van der Waals surface area contributed by atoms with E-state index in [1.807, 2.05) is 6.92 Å². The molecule has 39 heavy (non-hydrogen) atoms. The van der Waals surface area contributed by atoms with Crippen molar-refractivity contribution in [3.63, 3.8) is 0 Å². The van der Waals surface area contributed by atoms with Crippen LogP contribution in [0.25, 0.3) is 11.0 Å². The fourth-order valence-corrected chi connectivity index (χ4v) is 6.21. The fourth-order valence-electron chi connectivity index (χ4n) is 4.70. The van der Waals surface area contributed by atoms with Gasteiger partial charge in [0, 0.05) is 24.9 Å². The van der Waals surface area contributed by atoms with Crippen molar-refractivity contribution in [1.82, 2.24) is 20.3 Å². The molecule has 2 aromatic rings. The average molecular weight is 569 g/mol. The van der Waals surface area contributed by atoms with Gasteiger partial charge in [0.25, 0.3) is 5.56 Å². The summed E-state index contributed by atoms with van der Waals surface area (Å²) in [4.78, 5) is 21.5. The van der Waals surface area contributed by atoms with Gasteiger partial charge in [0.15, 0.2) is 6.79 Å². The van der Waals surface area contributed by atoms with Crippen molar-refractivity contribution in [2.75, 3.05) is 32.7 Å². The van der Waals surface area contributed by atoms with Crippen LogP contribution in [0.3, 0.4) is 0 Å². The van der Waals surface area contributed by atoms with Crippen LogP contribution in [0.4, 0.5) is 0 Å². The minimum absolute atomic E-state index is 0.00128. The Bertz CT molecular complexity index is 980. The van der Waals surface area contributed by atoms with Crippen molar-refractivity contribution < 1.29 is 18.3 Å². The van der Waals surface area contributed by atoms with E-state index in [2.05, 4.69) is 27.2 Å². The van der Waals surface area contributed by atoms with Gasteiger partial charge in [0.2, 0.25) is 0 Å². The topological polar surface area (TPSA) is 118 Å². The molecule has 0 saturated heterocycles. The molecule has 0 amide bonds. The van der Waals surface area contributed by atoms with Crippen molar-refractivity contribution in [3.05, 3.63) is 28.4 Å². The van der Waals surface area contributed by atoms with Crippen LogP contribution in [0.2, 0.25) is 0 Å². The van der Waals surface area contributed by atoms with E-state index in [0.29, 0.717) is 49.9 Å². The van der Waals surface area contributed by atoms with Crippen LogP contribution in [0.15, 0.2) is 17.3 Å². The molecule has 2 rings (SSSR count). The Labute approximate surface area is 235 Å². The number of aromatic amines is 2. The van der Waals surface area contributed by atoms with Gasteiger partial charge in [-0.2, -0.15) is 0 Å². The van der Waals surface area contributed by atoms with E-state index >= 15 is 0 Å². The number of ether oxygens (including phenoxy) is 1. The molecule has 0 saturated carbocycles. The molecule has 0 aliphatic heterocycles. The summed E-state index contributed by atoms with van der Waals surface area (Å²) >= 11 is 0. The minimum atomic E-state index is -3.18. The third kappa shape index (κ3) is 14.6. The van der Waals surface area contributed by atoms with Gasteiger partial charge in [-0.05, 0) is 26.3 Å². The lowest BCUT2D eigenvalue weighted by Crippen LogP contribution is -2.17. The number of unbranched alkanes of at least 4 members (excludes halogenated alkanes) is 13. The second kappa shape index (κ2) is 21.3. The first-order chi connectivity index (χ1) is 19.1. The molecule has 0 aliphatic rings. The van der Waals surface area contributed by atoms with Crippen molar-refractivity contribution in [1.29, 1.82) is 0 Å². The Kier molecular flexibility index (Phi) is 18.4. The number of aromatic nitrogens is 3. The molecule has 0 radical (unpaired) electrons. The Hall–Kier alpha value is -1.51. The van der Waals surface area contributed by atoms with E-state index in [0.717, 1.165) is 18.4 Å². The van der Waals surface area contributed by atoms with E-state index in [9.17, 15) is 9.36 Å². The van der Waals surface area contributed by atoms with Crippen LogP contribution in [-0.4, -0.2) is 47.7 Å². The van der Waals surface area contributed by atoms with Crippen LogP contribution in [0, 0.1) is 0 Å². The molecule has 0 bridgehead atoms. The first kappa shape index (κ1) is 33.7. The molecule has 0 aliphatic carbocycles. The average Bonchev–Trinajstić information content (AvgIpc) is 3.35. The highest BCUT2D eigenvalue weighted by Gasteiger charge is 2.23. The first-order valence-corrected chi connectivity index (χ1v) is 17.0. The zero-order valence-electron chi connectivity index (χ0n) is 24.4. The maximum Gasteiger partial charge on any atom is 0.332 e. The lowest BCUT2D eigenvalue weighted by atomic mass is 10.0. The third-order valence-corrected chi connectivity index (χ3v) is 8.96. The van der Waals surface area contributed by atoms with Crippen LogP contribution in [-0.2, 0) is 24.9 Å². The summed E-state index contributed by atoms with van der Waals surface area (Å²) in [5, 5.41) is 3.30. The number of nitrogens with one attached hydrogen (secondary N) is 3. The van der Waals surface area contributed by atoms with Crippen molar-refractivity contribution in [2.24, 2.45) is 0 Å². The molecule has 2 aromatic heterocycles. The second-order valence-corrected chi connectivity index (χ2v) is 12.5. The van der Waals surface area contributed by atoms with Crippen LogP contribution in [0.1, 0.15) is 116 Å². The second-order valence-electron chi connectivity index (χ2n) is 10.3. The smallest absolute Gasteiger partial charge is 0.332 e. The zero-order chi connectivity index (χ0) is 28.0. The maximum atomic E-state index is 13.0. The number of H-pyrrole nitrogens is 2. The van der Waals surface area contributed by atoms with E-state index in [-0.39, 0.29) is 12.4 Å². The van der Waals surface area contributed by atoms with E-state index < -0.39 is 7.60 Å². The summed E-state index contributed by atoms with van der Waals surface area (Å²) in [6.07, 6.45) is 22.7. The normalized spacial score (nSPS) is 13.3. The van der Waals surface area contributed by atoms with Gasteiger partial charge in [-0.1, -0.05) is 90.4 Å². The Morgan fingerprint density at radius 3 is 2.13 bits per heavy atom. The molecular weight excluding hydrogens is 515 g/mol. The zero-order valence-corrected chi connectivity index (χ0v) is 25.3. The Morgan fingerprint density at radius 1 is 0.846 bits per heavy atom. The van der Waals surface area contributed by atoms with Gasteiger partial charge >= 0.3 is 7.60 Å². The number of fused-ring (bicyclic) bond motifs is 1. The highest BCUT2D eigenvalue weighted by molar-refractivity contribution is 7.53. The molecule has 0 spiro atoms. The van der Waals surface area contributed by atoms with Crippen molar-refractivity contribution in [3.8, 4) is 0 Å². The lowest BCUT2D eigenvalue weighted by Gasteiger charge is -2.18. The van der Waals surface area contributed by atoms with Crippen LogP contribution < -0.4 is 10.9 Å². The van der Waals surface area contributed by atoms with E-state index in [1.165, 1.54) is 83.4 Å². The highest BCUT2D eigenvalue weighted by Crippen LogP contribution is 2.48. The molecule has 10 heteroatoms. The van der Waals surface area contributed by atoms with Crippen molar-refractivity contribution >= 4 is 18.6 Å². The number of rotatable bonds is 26. The summed E-state index contributed by atoms with van der Waals surface area (Å²) < 4.78 is 29.6. The van der Waals surface area contributed by atoms with E-state index in [1.54, 1.807) is 6.20 Å². The quantitative estimate of drug-likeness (QED) is 0.0613. The number of hydrogen-bond donors (Lipinski definition) is 3. The number of hydrogen-bond acceptors (Lipinski definition) is 7. The molecule has 3 N–H and O–H groups in total. The molecule has 0 aromatic carbocycles. The van der Waals surface area contributed by atoms with Gasteiger partial charge in [0.05, 0.1) is 24.6 Å². The Morgan fingerprint density at radius 2 is 1.49 bits per heavy atom. The molecular formula is C29H53N4O5P. The third-order valence-electron chi connectivity index (χ3n) is 6.95. The van der Waals surface area contributed by atoms with E-state index in [4.69, 9.17) is 13.8 Å². The van der Waals surface area contributed by atoms with Crippen LogP contribution in [0.5, 0.6) is 0 Å². The predicted octanol–water partition coefficient (Wildman–Crippen LogP) is 7.43. The van der Waals surface area contributed by atoms with Gasteiger partial charge in [-0.15, -0.1) is 0 Å². The van der Waals surface area contributed by atoms with Crippen molar-refractivity contribution in [2.45, 2.75) is 117 Å². The summed E-state index contributed by atoms with van der Waals surface area (Å²) in [5.74, 6) is 0. The van der Waals surface area contributed by atoms with Gasteiger partial charge < -0.3 is 24.5 Å². The minimum Gasteiger partial charge on any atom is -0.355 e. The summed E-state index contributed by atoms with van der Waals surface area (Å²) in [7, 11) is -3.18. The Balaban J connectivity index is 1.44. The molecule has 2 heterocycles. The molecule has 1 atom stereocenters. The monoisotopic (exact) mass is 568 g/mol. The number of nitrogens with zero attached hydrogens (tertiary/aromatic N) is 1. The van der Waals surface area contributed by atoms with Crippen LogP contribution >= 0.6 is 7.60 Å². The SMILES string of the molecule is CCCCCCCCCCCCCCCCOCOP(=O)(CCCNCc1c[nH]c2c(=O)[nH]cnc12)OCC. The molecule has 0 fully saturated rings. The maximum absolute atomic E-state index is 13.0. The van der Waals surface area contributed by atoms with Gasteiger partial charge in [-0.3, -0.25) is 13.9 Å². The molecule has 1 unspecified atom stereocenters. The largest absolute Gasteiger partial charge is 0.355 e. The highest BCUT2D eigenvalue weighted by atomic mass is 31.2. The molecule has 9 nitrogen and oxygen atoms in total. The summed E-state index contributed by atoms with van der Waals surface area (Å²) in [6.45, 7) is 6.22. The van der Waals surface area contributed by atoms with Gasteiger partial charge in [0.1, 0.15) is 5.52 Å². The first-order valence-electron chi connectivity index (χ1n) is 15.3.